The highest BCUT2D eigenvalue weighted by molar-refractivity contribution is 7.12. The summed E-state index contributed by atoms with van der Waals surface area (Å²) in [6.45, 7) is 2.00. The molecule has 20 heavy (non-hydrogen) atoms. The topological polar surface area (TPSA) is 50.1 Å². The number of nitriles is 1. The first kappa shape index (κ1) is 14.3. The number of Topliss-reactive ketones (excluding diaryl/α,β-unsaturated/α-hetero) is 1. The van der Waals surface area contributed by atoms with Crippen molar-refractivity contribution < 1.29 is 9.53 Å². The van der Waals surface area contributed by atoms with Gasteiger partial charge in [0.25, 0.3) is 0 Å². The van der Waals surface area contributed by atoms with Crippen LogP contribution in [0.25, 0.3) is 0 Å². The number of aryl methyl sites for hydroxylation is 1. The summed E-state index contributed by atoms with van der Waals surface area (Å²) in [7, 11) is 1.54. The van der Waals surface area contributed by atoms with Crippen LogP contribution in [0.2, 0.25) is 0 Å². The maximum absolute atomic E-state index is 12.6. The number of para-hydroxylation sites is 1. The van der Waals surface area contributed by atoms with Gasteiger partial charge in [0.15, 0.2) is 5.78 Å². The molecule has 1 atom stereocenters. The van der Waals surface area contributed by atoms with Gasteiger partial charge in [-0.3, -0.25) is 4.79 Å². The van der Waals surface area contributed by atoms with Crippen molar-refractivity contribution in [3.63, 3.8) is 0 Å². The number of ether oxygens (including phenoxy) is 1. The zero-order chi connectivity index (χ0) is 14.5. The Morgan fingerprint density at radius 3 is 2.80 bits per heavy atom. The Morgan fingerprint density at radius 2 is 2.15 bits per heavy atom. The second kappa shape index (κ2) is 6.36. The van der Waals surface area contributed by atoms with Crippen molar-refractivity contribution >= 4 is 17.1 Å². The van der Waals surface area contributed by atoms with Crippen LogP contribution in [0.4, 0.5) is 0 Å². The van der Waals surface area contributed by atoms with Crippen LogP contribution in [-0.4, -0.2) is 12.9 Å². The highest BCUT2D eigenvalue weighted by Crippen LogP contribution is 2.31. The lowest BCUT2D eigenvalue weighted by Crippen LogP contribution is -2.12. The number of carbonyl (C=O) groups is 1. The molecule has 102 valence electrons. The molecule has 0 aliphatic rings. The Balaban J connectivity index is 2.43. The fourth-order valence-corrected chi connectivity index (χ4v) is 3.10. The smallest absolute Gasteiger partial charge is 0.194 e. The standard InChI is InChI=1S/C16H15NO2S/c1-3-11-8-9-20-16(11)15(18)13(10-17)12-6-4-5-7-14(12)19-2/h4-9,13H,3H2,1-2H3. The van der Waals surface area contributed by atoms with E-state index in [4.69, 9.17) is 4.74 Å². The molecule has 1 unspecified atom stereocenters. The summed E-state index contributed by atoms with van der Waals surface area (Å²) in [5, 5.41) is 11.3. The van der Waals surface area contributed by atoms with Crippen molar-refractivity contribution in [2.75, 3.05) is 7.11 Å². The van der Waals surface area contributed by atoms with Crippen LogP contribution in [0.3, 0.4) is 0 Å². The highest BCUT2D eigenvalue weighted by Gasteiger charge is 2.26. The molecule has 3 nitrogen and oxygen atoms in total. The van der Waals surface area contributed by atoms with Crippen LogP contribution in [0.15, 0.2) is 35.7 Å². The minimum Gasteiger partial charge on any atom is -0.496 e. The maximum atomic E-state index is 12.6. The van der Waals surface area contributed by atoms with Crippen LogP contribution in [0.1, 0.15) is 33.6 Å². The normalized spacial score (nSPS) is 11.7. The summed E-state index contributed by atoms with van der Waals surface area (Å²) >= 11 is 1.39. The third-order valence-electron chi connectivity index (χ3n) is 3.19. The molecule has 1 aromatic carbocycles. The molecular weight excluding hydrogens is 270 g/mol. The van der Waals surface area contributed by atoms with Crippen LogP contribution >= 0.6 is 11.3 Å². The minimum atomic E-state index is -0.824. The molecule has 0 aliphatic carbocycles. The number of rotatable bonds is 5. The predicted molar refractivity (Wildman–Crippen MR) is 79.4 cm³/mol. The number of nitrogens with zero attached hydrogens (tertiary/aromatic N) is 1. The van der Waals surface area contributed by atoms with Gasteiger partial charge in [-0.25, -0.2) is 0 Å². The Bertz CT molecular complexity index is 654. The zero-order valence-electron chi connectivity index (χ0n) is 11.4. The van der Waals surface area contributed by atoms with E-state index in [1.165, 1.54) is 11.3 Å². The van der Waals surface area contributed by atoms with Gasteiger partial charge in [-0.2, -0.15) is 5.26 Å². The lowest BCUT2D eigenvalue weighted by atomic mass is 9.93. The van der Waals surface area contributed by atoms with Gasteiger partial charge in [-0.1, -0.05) is 25.1 Å². The first-order valence-corrected chi connectivity index (χ1v) is 7.24. The van der Waals surface area contributed by atoms with Crippen molar-refractivity contribution in [2.45, 2.75) is 19.3 Å². The molecule has 0 spiro atoms. The summed E-state index contributed by atoms with van der Waals surface area (Å²) in [5.74, 6) is -0.402. The second-order valence-electron chi connectivity index (χ2n) is 4.30. The largest absolute Gasteiger partial charge is 0.496 e. The molecule has 0 saturated heterocycles. The summed E-state index contributed by atoms with van der Waals surface area (Å²) in [5.41, 5.74) is 1.62. The van der Waals surface area contributed by atoms with Crippen molar-refractivity contribution in [3.8, 4) is 11.8 Å². The molecule has 0 radical (unpaired) electrons. The van der Waals surface area contributed by atoms with E-state index in [9.17, 15) is 10.1 Å². The molecule has 0 amide bonds. The zero-order valence-corrected chi connectivity index (χ0v) is 12.2. The SMILES string of the molecule is CCc1ccsc1C(=O)C(C#N)c1ccccc1OC. The number of carbonyl (C=O) groups excluding carboxylic acids is 1. The van der Waals surface area contributed by atoms with E-state index in [0.717, 1.165) is 12.0 Å². The fraction of sp³-hybridized carbons (Fsp3) is 0.250. The molecular formula is C16H15NO2S. The highest BCUT2D eigenvalue weighted by atomic mass is 32.1. The fourth-order valence-electron chi connectivity index (χ4n) is 2.14. The maximum Gasteiger partial charge on any atom is 0.194 e. The van der Waals surface area contributed by atoms with Crippen LogP contribution < -0.4 is 4.74 Å². The molecule has 0 aliphatic heterocycles. The van der Waals surface area contributed by atoms with Crippen molar-refractivity contribution in [2.24, 2.45) is 0 Å². The van der Waals surface area contributed by atoms with Crippen LogP contribution in [0.5, 0.6) is 5.75 Å². The first-order chi connectivity index (χ1) is 9.72. The monoisotopic (exact) mass is 285 g/mol. The van der Waals surface area contributed by atoms with E-state index >= 15 is 0 Å². The predicted octanol–water partition coefficient (Wildman–Crippen LogP) is 3.81. The quantitative estimate of drug-likeness (QED) is 0.785. The molecule has 2 aromatic rings. The lowest BCUT2D eigenvalue weighted by Gasteiger charge is -2.12. The van der Waals surface area contributed by atoms with Crippen LogP contribution in [0, 0.1) is 11.3 Å². The average Bonchev–Trinajstić information content (AvgIpc) is 2.96. The van der Waals surface area contributed by atoms with Crippen LogP contribution in [-0.2, 0) is 6.42 Å². The van der Waals surface area contributed by atoms with Gasteiger partial charge in [0, 0.05) is 5.56 Å². The van der Waals surface area contributed by atoms with E-state index in [1.54, 1.807) is 19.2 Å². The Morgan fingerprint density at radius 1 is 1.40 bits per heavy atom. The summed E-state index contributed by atoms with van der Waals surface area (Å²) < 4.78 is 5.25. The average molecular weight is 285 g/mol. The third-order valence-corrected chi connectivity index (χ3v) is 4.16. The second-order valence-corrected chi connectivity index (χ2v) is 5.21. The van der Waals surface area contributed by atoms with Gasteiger partial charge in [0.2, 0.25) is 0 Å². The van der Waals surface area contributed by atoms with E-state index in [2.05, 4.69) is 6.07 Å². The molecule has 4 heteroatoms. The number of methoxy groups -OCH3 is 1. The van der Waals surface area contributed by atoms with Gasteiger partial charge in [0.1, 0.15) is 11.7 Å². The third kappa shape index (κ3) is 2.59. The summed E-state index contributed by atoms with van der Waals surface area (Å²) in [6.07, 6.45) is 0.786. The van der Waals surface area contributed by atoms with E-state index in [0.29, 0.717) is 16.2 Å². The van der Waals surface area contributed by atoms with E-state index in [1.807, 2.05) is 30.5 Å². The molecule has 0 N–H and O–H groups in total. The molecule has 1 heterocycles. The van der Waals surface area contributed by atoms with E-state index in [-0.39, 0.29) is 5.78 Å². The Labute approximate surface area is 122 Å². The number of benzene rings is 1. The number of hydrogen-bond acceptors (Lipinski definition) is 4. The Hall–Kier alpha value is -2.12. The minimum absolute atomic E-state index is 0.149. The lowest BCUT2D eigenvalue weighted by molar-refractivity contribution is 0.0981. The van der Waals surface area contributed by atoms with Gasteiger partial charge >= 0.3 is 0 Å². The van der Waals surface area contributed by atoms with Gasteiger partial charge in [-0.05, 0) is 29.5 Å². The Kier molecular flexibility index (Phi) is 4.54. The van der Waals surface area contributed by atoms with E-state index < -0.39 is 5.92 Å². The number of thiophene rings is 1. The van der Waals surface area contributed by atoms with Crippen molar-refractivity contribution in [1.29, 1.82) is 5.26 Å². The van der Waals surface area contributed by atoms with Gasteiger partial charge < -0.3 is 4.74 Å². The van der Waals surface area contributed by atoms with Gasteiger partial charge in [0.05, 0.1) is 18.1 Å². The van der Waals surface area contributed by atoms with Gasteiger partial charge in [-0.15, -0.1) is 11.3 Å². The molecule has 0 fully saturated rings. The molecule has 2 rings (SSSR count). The number of hydrogen-bond donors (Lipinski definition) is 0. The first-order valence-electron chi connectivity index (χ1n) is 6.36. The molecule has 1 aromatic heterocycles. The summed E-state index contributed by atoms with van der Waals surface area (Å²) in [6, 6.07) is 11.2. The van der Waals surface area contributed by atoms with Crippen molar-refractivity contribution in [3.05, 3.63) is 51.7 Å². The van der Waals surface area contributed by atoms with Crippen molar-refractivity contribution in [1.82, 2.24) is 0 Å². The number of ketones is 1. The molecule has 0 saturated carbocycles. The summed E-state index contributed by atoms with van der Waals surface area (Å²) in [4.78, 5) is 13.3. The molecule has 0 bridgehead atoms.